The molecule has 1 saturated heterocycles. The van der Waals surface area contributed by atoms with Gasteiger partial charge in [0.1, 0.15) is 21.7 Å². The van der Waals surface area contributed by atoms with E-state index in [-0.39, 0.29) is 11.9 Å². The van der Waals surface area contributed by atoms with Gasteiger partial charge in [-0.3, -0.25) is 0 Å². The number of hydrogen-bond donors (Lipinski definition) is 1. The fourth-order valence-electron chi connectivity index (χ4n) is 3.56. The van der Waals surface area contributed by atoms with Crippen molar-refractivity contribution in [2.75, 3.05) is 31.1 Å². The van der Waals surface area contributed by atoms with Crippen molar-refractivity contribution in [3.05, 3.63) is 53.6 Å². The number of ether oxygens (including phenoxy) is 1. The first-order chi connectivity index (χ1) is 16.2. The minimum Gasteiger partial charge on any atom is -0.598 e. The lowest BCUT2D eigenvalue weighted by atomic mass is 9.87. The Morgan fingerprint density at radius 1 is 0.971 bits per heavy atom. The van der Waals surface area contributed by atoms with E-state index in [1.807, 2.05) is 53.4 Å². The van der Waals surface area contributed by atoms with E-state index >= 15 is 0 Å². The van der Waals surface area contributed by atoms with Crippen molar-refractivity contribution < 1.29 is 18.5 Å². The van der Waals surface area contributed by atoms with E-state index in [1.54, 1.807) is 29.4 Å². The van der Waals surface area contributed by atoms with Crippen LogP contribution in [0.25, 0.3) is 0 Å². The van der Waals surface area contributed by atoms with Crippen LogP contribution >= 0.6 is 0 Å². The average molecular weight is 506 g/mol. The number of amides is 1. The highest BCUT2D eigenvalue weighted by atomic mass is 32.2. The molecule has 10 heteroatoms. The number of rotatable bonds is 5. The van der Waals surface area contributed by atoms with Crippen molar-refractivity contribution in [1.29, 1.82) is 0 Å². The largest absolute Gasteiger partial charge is 0.598 e. The Balaban J connectivity index is 1.78. The summed E-state index contributed by atoms with van der Waals surface area (Å²) in [5.41, 5.74) is 0.0195. The molecule has 1 amide bonds. The zero-order valence-electron chi connectivity index (χ0n) is 21.6. The fraction of sp³-hybridized carbons (Fsp3) is 0.560. The molecule has 192 valence electrons. The Morgan fingerprint density at radius 3 is 2.00 bits per heavy atom. The maximum atomic E-state index is 13.6. The molecular formula is C25H36FN5O3S. The zero-order chi connectivity index (χ0) is 26.0. The molecule has 2 atom stereocenters. The molecule has 0 spiro atoms. The summed E-state index contributed by atoms with van der Waals surface area (Å²) in [4.78, 5) is 25.2. The molecule has 0 radical (unpaired) electrons. The van der Waals surface area contributed by atoms with Gasteiger partial charge in [0.05, 0.1) is 0 Å². The minimum absolute atomic E-state index is 0.318. The van der Waals surface area contributed by atoms with Crippen LogP contribution in [0.5, 0.6) is 0 Å². The molecule has 1 aromatic heterocycles. The van der Waals surface area contributed by atoms with Gasteiger partial charge in [0, 0.05) is 55.5 Å². The number of hydrogen-bond acceptors (Lipinski definition) is 7. The Labute approximate surface area is 210 Å². The number of carbonyl (C=O) groups excluding carboxylic acids is 1. The Kier molecular flexibility index (Phi) is 7.98. The number of nitrogens with zero attached hydrogens (tertiary/aromatic N) is 4. The van der Waals surface area contributed by atoms with Gasteiger partial charge in [0.15, 0.2) is 0 Å². The number of carbonyl (C=O) groups is 1. The first-order valence-corrected chi connectivity index (χ1v) is 12.9. The zero-order valence-corrected chi connectivity index (χ0v) is 22.4. The smallest absolute Gasteiger partial charge is 0.410 e. The number of anilines is 1. The standard InChI is InChI=1S/C25H36FN5O3S/c1-23(2,3)34-22(32)31-14-12-30(13-15-31)21-27-16-19(17-28-21)25(7,29-35(33)24(4,5)6)18-8-10-20(26)11-9-18/h8-11,16-17,29H,12-15H2,1-7H3/t25-,35?/m1/s1. The predicted molar refractivity (Wildman–Crippen MR) is 136 cm³/mol. The summed E-state index contributed by atoms with van der Waals surface area (Å²) in [6.07, 6.45) is 3.10. The van der Waals surface area contributed by atoms with E-state index in [0.29, 0.717) is 37.7 Å². The molecule has 35 heavy (non-hydrogen) atoms. The molecule has 2 aromatic rings. The molecular weight excluding hydrogens is 469 g/mol. The van der Waals surface area contributed by atoms with E-state index in [1.165, 1.54) is 12.1 Å². The lowest BCUT2D eigenvalue weighted by Gasteiger charge is -2.36. The maximum Gasteiger partial charge on any atom is 0.410 e. The lowest BCUT2D eigenvalue weighted by molar-refractivity contribution is 0.0240. The molecule has 1 aliphatic heterocycles. The van der Waals surface area contributed by atoms with Crippen molar-refractivity contribution in [2.24, 2.45) is 0 Å². The molecule has 2 heterocycles. The van der Waals surface area contributed by atoms with Gasteiger partial charge >= 0.3 is 6.09 Å². The van der Waals surface area contributed by atoms with E-state index < -0.39 is 27.2 Å². The highest BCUT2D eigenvalue weighted by molar-refractivity contribution is 7.90. The molecule has 1 unspecified atom stereocenters. The van der Waals surface area contributed by atoms with Gasteiger partial charge < -0.3 is 19.1 Å². The number of aromatic nitrogens is 2. The molecule has 1 fully saturated rings. The van der Waals surface area contributed by atoms with Crippen molar-refractivity contribution >= 4 is 23.4 Å². The quantitative estimate of drug-likeness (QED) is 0.614. The van der Waals surface area contributed by atoms with Crippen LogP contribution in [0.1, 0.15) is 59.6 Å². The van der Waals surface area contributed by atoms with Crippen LogP contribution in [-0.4, -0.2) is 62.0 Å². The van der Waals surface area contributed by atoms with Crippen LogP contribution in [0, 0.1) is 5.82 Å². The summed E-state index contributed by atoms with van der Waals surface area (Å²) in [6, 6.07) is 6.11. The number of nitrogens with one attached hydrogen (secondary N) is 1. The normalized spacial score (nSPS) is 17.6. The number of piperazine rings is 1. The first-order valence-electron chi connectivity index (χ1n) is 11.7. The van der Waals surface area contributed by atoms with Crippen LogP contribution in [0.15, 0.2) is 36.7 Å². The third kappa shape index (κ3) is 6.83. The van der Waals surface area contributed by atoms with E-state index in [9.17, 15) is 13.7 Å². The van der Waals surface area contributed by atoms with Crippen LogP contribution in [0.4, 0.5) is 15.1 Å². The van der Waals surface area contributed by atoms with E-state index in [2.05, 4.69) is 14.7 Å². The summed E-state index contributed by atoms with van der Waals surface area (Å²) in [6.45, 7) is 15.3. The van der Waals surface area contributed by atoms with Crippen molar-refractivity contribution in [2.45, 2.75) is 64.4 Å². The SMILES string of the molecule is CC(C)(C)OC(=O)N1CCN(c2ncc([C@](C)(N[S+]([O-])C(C)(C)C)c3ccc(F)cc3)cn2)CC1. The van der Waals surface area contributed by atoms with Crippen molar-refractivity contribution in [3.8, 4) is 0 Å². The summed E-state index contributed by atoms with van der Waals surface area (Å²) in [5.74, 6) is 0.209. The topological polar surface area (TPSA) is 93.7 Å². The molecule has 1 aromatic carbocycles. The second-order valence-corrected chi connectivity index (χ2v) is 12.8. The second kappa shape index (κ2) is 10.3. The van der Waals surface area contributed by atoms with Gasteiger partial charge in [-0.15, -0.1) is 4.72 Å². The van der Waals surface area contributed by atoms with Gasteiger partial charge in [0.2, 0.25) is 5.95 Å². The highest BCUT2D eigenvalue weighted by Crippen LogP contribution is 2.32. The molecule has 1 N–H and O–H groups in total. The summed E-state index contributed by atoms with van der Waals surface area (Å²) < 4.78 is 34.8. The molecule has 1 aliphatic rings. The molecule has 3 rings (SSSR count). The van der Waals surface area contributed by atoms with Crippen LogP contribution < -0.4 is 9.62 Å². The van der Waals surface area contributed by atoms with Gasteiger partial charge in [0.25, 0.3) is 0 Å². The summed E-state index contributed by atoms with van der Waals surface area (Å²) >= 11 is -1.40. The lowest BCUT2D eigenvalue weighted by Crippen LogP contribution is -2.51. The Bertz CT molecular complexity index is 1000. The van der Waals surface area contributed by atoms with Crippen LogP contribution in [0.3, 0.4) is 0 Å². The fourth-order valence-corrected chi connectivity index (χ4v) is 4.48. The van der Waals surface area contributed by atoms with E-state index in [0.717, 1.165) is 5.56 Å². The van der Waals surface area contributed by atoms with Gasteiger partial charge in [-0.25, -0.2) is 19.2 Å². The Hall–Kier alpha value is -2.43. The molecule has 0 aliphatic carbocycles. The van der Waals surface area contributed by atoms with Crippen molar-refractivity contribution in [3.63, 3.8) is 0 Å². The molecule has 8 nitrogen and oxygen atoms in total. The summed E-state index contributed by atoms with van der Waals surface area (Å²) in [5, 5.41) is 0. The van der Waals surface area contributed by atoms with E-state index in [4.69, 9.17) is 4.74 Å². The van der Waals surface area contributed by atoms with Crippen LogP contribution in [-0.2, 0) is 21.6 Å². The highest BCUT2D eigenvalue weighted by Gasteiger charge is 2.39. The summed E-state index contributed by atoms with van der Waals surface area (Å²) in [7, 11) is 0. The van der Waals surface area contributed by atoms with Crippen molar-refractivity contribution in [1.82, 2.24) is 19.6 Å². The third-order valence-corrected chi connectivity index (χ3v) is 7.41. The predicted octanol–water partition coefficient (Wildman–Crippen LogP) is 3.99. The van der Waals surface area contributed by atoms with Gasteiger partial charge in [-0.1, -0.05) is 12.1 Å². The molecule has 0 saturated carbocycles. The number of benzene rings is 1. The maximum absolute atomic E-state index is 13.6. The third-order valence-electron chi connectivity index (χ3n) is 5.70. The average Bonchev–Trinajstić information content (AvgIpc) is 2.78. The van der Waals surface area contributed by atoms with Crippen LogP contribution in [0.2, 0.25) is 0 Å². The van der Waals surface area contributed by atoms with Gasteiger partial charge in [-0.05, 0) is 66.2 Å². The molecule has 0 bridgehead atoms. The minimum atomic E-state index is -1.40. The second-order valence-electron chi connectivity index (χ2n) is 10.8. The Morgan fingerprint density at radius 2 is 1.51 bits per heavy atom. The first kappa shape index (κ1) is 27.2. The van der Waals surface area contributed by atoms with Gasteiger partial charge in [-0.2, -0.15) is 0 Å². The monoisotopic (exact) mass is 505 g/mol. The number of halogens is 1.